The van der Waals surface area contributed by atoms with E-state index in [4.69, 9.17) is 14.5 Å². The molecule has 5 rings (SSSR count). The molecule has 2 aliphatic heterocycles. The van der Waals surface area contributed by atoms with E-state index in [1.165, 1.54) is 12.0 Å². The molecule has 0 bridgehead atoms. The van der Waals surface area contributed by atoms with Crippen LogP contribution in [0.1, 0.15) is 48.5 Å². The Morgan fingerprint density at radius 3 is 2.97 bits per heavy atom. The summed E-state index contributed by atoms with van der Waals surface area (Å²) in [6.45, 7) is 2.98. The Labute approximate surface area is 211 Å². The fourth-order valence-corrected chi connectivity index (χ4v) is 5.29. The molecule has 0 spiro atoms. The number of likely N-dealkylation sites (tertiary alicyclic amines) is 1. The molecule has 2 atom stereocenters. The smallest absolute Gasteiger partial charge is 0.325 e. The largest absolute Gasteiger partial charge is 0.481 e. The van der Waals surface area contributed by atoms with Crippen LogP contribution in [-0.4, -0.2) is 65.4 Å². The molecule has 0 radical (unpaired) electrons. The van der Waals surface area contributed by atoms with Gasteiger partial charge in [-0.15, -0.1) is 0 Å². The lowest BCUT2D eigenvalue weighted by molar-refractivity contribution is -0.143. The highest BCUT2D eigenvalue weighted by Crippen LogP contribution is 2.32. The highest BCUT2D eigenvalue weighted by atomic mass is 16.5. The van der Waals surface area contributed by atoms with Gasteiger partial charge < -0.3 is 19.9 Å². The maximum absolute atomic E-state index is 12.3. The van der Waals surface area contributed by atoms with E-state index in [2.05, 4.69) is 22.4 Å². The quantitative estimate of drug-likeness (QED) is 0.408. The maximum Gasteiger partial charge on any atom is 0.325 e. The van der Waals surface area contributed by atoms with Crippen molar-refractivity contribution >= 4 is 22.7 Å². The Balaban J connectivity index is 1.14. The van der Waals surface area contributed by atoms with E-state index in [1.54, 1.807) is 13.2 Å². The Hall–Kier alpha value is -3.23. The van der Waals surface area contributed by atoms with Crippen LogP contribution >= 0.6 is 0 Å². The third-order valence-electron chi connectivity index (χ3n) is 7.15. The molecule has 2 aliphatic rings. The minimum Gasteiger partial charge on any atom is -0.481 e. The van der Waals surface area contributed by atoms with E-state index in [0.717, 1.165) is 66.6 Å². The second-order valence-electron chi connectivity index (χ2n) is 9.58. The first-order valence-corrected chi connectivity index (χ1v) is 12.9. The molecule has 0 saturated carbocycles. The van der Waals surface area contributed by atoms with Crippen LogP contribution in [0.5, 0.6) is 5.88 Å². The van der Waals surface area contributed by atoms with Crippen LogP contribution in [0.4, 0.5) is 5.82 Å². The molecule has 1 aromatic carbocycles. The second kappa shape index (κ2) is 11.2. The number of benzene rings is 1. The number of hydrogen-bond acceptors (Lipinski definition) is 7. The number of aliphatic carboxylic acids is 1. The van der Waals surface area contributed by atoms with Crippen LogP contribution in [0.25, 0.3) is 10.9 Å². The second-order valence-corrected chi connectivity index (χ2v) is 9.58. The summed E-state index contributed by atoms with van der Waals surface area (Å²) >= 11 is 0. The van der Waals surface area contributed by atoms with E-state index in [-0.39, 0.29) is 6.10 Å². The predicted octanol–water partition coefficient (Wildman–Crippen LogP) is 4.24. The standard InChI is InChI=1S/C28H34N4O4/c1-35-25-13-12-22-23(8-4-9-24(22)31-25)26(28(33)34)32-16-14-21(18-32)36-17-3-2-7-20-11-10-19-6-5-15-29-27(19)30-20/h4,8-13,21,26H,2-3,5-7,14-18H2,1H3,(H,29,30)(H,33,34)/t21-,26?/m1/s1. The molecule has 3 aromatic rings. The third-order valence-corrected chi connectivity index (χ3v) is 7.15. The summed E-state index contributed by atoms with van der Waals surface area (Å²) in [5, 5.41) is 14.4. The first-order valence-electron chi connectivity index (χ1n) is 12.9. The van der Waals surface area contributed by atoms with Gasteiger partial charge in [-0.2, -0.15) is 0 Å². The molecule has 1 unspecified atom stereocenters. The molecular formula is C28H34N4O4. The van der Waals surface area contributed by atoms with Gasteiger partial charge in [-0.3, -0.25) is 9.69 Å². The average molecular weight is 491 g/mol. The first kappa shape index (κ1) is 24.5. The van der Waals surface area contributed by atoms with Crippen LogP contribution in [0.2, 0.25) is 0 Å². The molecule has 8 nitrogen and oxygen atoms in total. The number of methoxy groups -OCH3 is 1. The van der Waals surface area contributed by atoms with E-state index in [0.29, 0.717) is 25.6 Å². The van der Waals surface area contributed by atoms with Gasteiger partial charge in [0.1, 0.15) is 11.9 Å². The number of anilines is 1. The number of carboxylic acids is 1. The number of unbranched alkanes of at least 4 members (excludes halogenated alkanes) is 1. The van der Waals surface area contributed by atoms with E-state index in [1.807, 2.05) is 29.2 Å². The predicted molar refractivity (Wildman–Crippen MR) is 139 cm³/mol. The summed E-state index contributed by atoms with van der Waals surface area (Å²) in [6.07, 6.45) is 6.08. The summed E-state index contributed by atoms with van der Waals surface area (Å²) in [5.41, 5.74) is 3.93. The van der Waals surface area contributed by atoms with Crippen LogP contribution in [0.15, 0.2) is 42.5 Å². The lowest BCUT2D eigenvalue weighted by atomic mass is 10.00. The number of hydrogen-bond donors (Lipinski definition) is 2. The Morgan fingerprint density at radius 1 is 1.19 bits per heavy atom. The van der Waals surface area contributed by atoms with Crippen molar-refractivity contribution in [2.75, 3.05) is 38.7 Å². The van der Waals surface area contributed by atoms with Crippen LogP contribution in [0, 0.1) is 0 Å². The lowest BCUT2D eigenvalue weighted by Gasteiger charge is -2.25. The average Bonchev–Trinajstić information content (AvgIpc) is 3.36. The van der Waals surface area contributed by atoms with Crippen LogP contribution in [-0.2, 0) is 22.4 Å². The highest BCUT2D eigenvalue weighted by molar-refractivity contribution is 5.88. The van der Waals surface area contributed by atoms with Crippen molar-refractivity contribution in [3.63, 3.8) is 0 Å². The van der Waals surface area contributed by atoms with Crippen molar-refractivity contribution in [1.29, 1.82) is 0 Å². The summed E-state index contributed by atoms with van der Waals surface area (Å²) in [7, 11) is 1.57. The molecule has 1 saturated heterocycles. The van der Waals surface area contributed by atoms with Crippen LogP contribution < -0.4 is 10.1 Å². The summed E-state index contributed by atoms with van der Waals surface area (Å²) < 4.78 is 11.4. The molecule has 1 fully saturated rings. The zero-order valence-corrected chi connectivity index (χ0v) is 20.8. The minimum absolute atomic E-state index is 0.0473. The SMILES string of the molecule is COc1ccc2c(C(C(=O)O)N3CC[C@@H](OCCCCc4ccc5c(n4)NCCC5)C3)cccc2n1. The monoisotopic (exact) mass is 490 g/mol. The zero-order valence-electron chi connectivity index (χ0n) is 20.8. The summed E-state index contributed by atoms with van der Waals surface area (Å²) in [6, 6.07) is 12.9. The number of pyridine rings is 2. The zero-order chi connectivity index (χ0) is 24.9. The number of rotatable bonds is 10. The normalized spacial score (nSPS) is 18.5. The number of carboxylic acid groups (broad SMARTS) is 1. The van der Waals surface area contributed by atoms with Gasteiger partial charge in [0.05, 0.1) is 18.7 Å². The fourth-order valence-electron chi connectivity index (χ4n) is 5.29. The number of ether oxygens (including phenoxy) is 2. The number of nitrogens with one attached hydrogen (secondary N) is 1. The molecular weight excluding hydrogens is 456 g/mol. The van der Waals surface area contributed by atoms with Gasteiger partial charge in [0, 0.05) is 43.4 Å². The fraction of sp³-hybridized carbons (Fsp3) is 0.464. The van der Waals surface area contributed by atoms with E-state index in [9.17, 15) is 9.90 Å². The lowest BCUT2D eigenvalue weighted by Crippen LogP contribution is -2.33. The van der Waals surface area contributed by atoms with Gasteiger partial charge in [0.15, 0.2) is 0 Å². The molecule has 0 aliphatic carbocycles. The summed E-state index contributed by atoms with van der Waals surface area (Å²) in [4.78, 5) is 23.6. The summed E-state index contributed by atoms with van der Waals surface area (Å²) in [5.74, 6) is 0.710. The molecule has 190 valence electrons. The molecule has 2 N–H and O–H groups in total. The number of carbonyl (C=O) groups is 1. The highest BCUT2D eigenvalue weighted by Gasteiger charge is 2.35. The molecule has 4 heterocycles. The molecule has 0 amide bonds. The number of fused-ring (bicyclic) bond motifs is 2. The topological polar surface area (TPSA) is 96.8 Å². The van der Waals surface area contributed by atoms with Gasteiger partial charge in [0.2, 0.25) is 5.88 Å². The van der Waals surface area contributed by atoms with Crippen molar-refractivity contribution in [2.24, 2.45) is 0 Å². The number of aromatic nitrogens is 2. The van der Waals surface area contributed by atoms with Crippen LogP contribution in [0.3, 0.4) is 0 Å². The Kier molecular flexibility index (Phi) is 7.63. The van der Waals surface area contributed by atoms with Gasteiger partial charge in [-0.1, -0.05) is 18.2 Å². The minimum atomic E-state index is -0.856. The van der Waals surface area contributed by atoms with Gasteiger partial charge in [0.25, 0.3) is 0 Å². The third kappa shape index (κ3) is 5.44. The van der Waals surface area contributed by atoms with Crippen molar-refractivity contribution in [2.45, 2.75) is 50.7 Å². The van der Waals surface area contributed by atoms with Gasteiger partial charge >= 0.3 is 5.97 Å². The molecule has 36 heavy (non-hydrogen) atoms. The Bertz CT molecular complexity index is 1220. The van der Waals surface area contributed by atoms with Gasteiger partial charge in [-0.25, -0.2) is 9.97 Å². The Morgan fingerprint density at radius 2 is 2.11 bits per heavy atom. The maximum atomic E-state index is 12.3. The molecule has 2 aromatic heterocycles. The number of aryl methyl sites for hydroxylation is 2. The van der Waals surface area contributed by atoms with Crippen molar-refractivity contribution in [3.05, 3.63) is 59.3 Å². The van der Waals surface area contributed by atoms with Gasteiger partial charge in [-0.05, 0) is 67.9 Å². The molecule has 8 heteroatoms. The van der Waals surface area contributed by atoms with Crippen molar-refractivity contribution < 1.29 is 19.4 Å². The van der Waals surface area contributed by atoms with E-state index < -0.39 is 12.0 Å². The first-order chi connectivity index (χ1) is 17.6. The number of nitrogens with zero attached hydrogens (tertiary/aromatic N) is 3. The van der Waals surface area contributed by atoms with Crippen molar-refractivity contribution in [3.8, 4) is 5.88 Å². The van der Waals surface area contributed by atoms with E-state index >= 15 is 0 Å². The van der Waals surface area contributed by atoms with Crippen molar-refractivity contribution in [1.82, 2.24) is 14.9 Å².